The highest BCUT2D eigenvalue weighted by Crippen LogP contribution is 2.17. The molecule has 0 aliphatic carbocycles. The van der Waals surface area contributed by atoms with E-state index in [9.17, 15) is 4.79 Å². The van der Waals surface area contributed by atoms with Crippen LogP contribution in [0.3, 0.4) is 0 Å². The molecular weight excluding hydrogens is 270 g/mol. The second-order valence-corrected chi connectivity index (χ2v) is 5.56. The number of rotatable bonds is 4. The van der Waals surface area contributed by atoms with Crippen molar-refractivity contribution < 1.29 is 4.79 Å². The average Bonchev–Trinajstić information content (AvgIpc) is 2.42. The van der Waals surface area contributed by atoms with E-state index >= 15 is 0 Å². The fourth-order valence-electron chi connectivity index (χ4n) is 1.94. The molecule has 0 aliphatic rings. The summed E-state index contributed by atoms with van der Waals surface area (Å²) >= 11 is 5.82. The monoisotopic (exact) mass is 287 g/mol. The van der Waals surface area contributed by atoms with Crippen molar-refractivity contribution in [1.29, 1.82) is 0 Å². The van der Waals surface area contributed by atoms with Gasteiger partial charge in [-0.25, -0.2) is 0 Å². The molecule has 0 aromatic heterocycles. The van der Waals surface area contributed by atoms with Gasteiger partial charge in [0.05, 0.1) is 6.42 Å². The highest BCUT2D eigenvalue weighted by molar-refractivity contribution is 6.30. The molecular formula is C17H18ClNO. The topological polar surface area (TPSA) is 29.1 Å². The van der Waals surface area contributed by atoms with Gasteiger partial charge in [-0.3, -0.25) is 4.79 Å². The third-order valence-electron chi connectivity index (χ3n) is 3.14. The van der Waals surface area contributed by atoms with E-state index in [1.54, 1.807) is 12.1 Å². The molecule has 20 heavy (non-hydrogen) atoms. The highest BCUT2D eigenvalue weighted by atomic mass is 35.5. The van der Waals surface area contributed by atoms with Gasteiger partial charge in [-0.05, 0) is 41.3 Å². The predicted octanol–water partition coefficient (Wildman–Crippen LogP) is 4.64. The fraction of sp³-hybridized carbons (Fsp3) is 0.235. The number of anilines is 1. The van der Waals surface area contributed by atoms with Crippen molar-refractivity contribution in [2.45, 2.75) is 26.2 Å². The van der Waals surface area contributed by atoms with Crippen molar-refractivity contribution in [2.24, 2.45) is 0 Å². The summed E-state index contributed by atoms with van der Waals surface area (Å²) in [6.07, 6.45) is 0.350. The summed E-state index contributed by atoms with van der Waals surface area (Å²) in [6.45, 7) is 4.29. The van der Waals surface area contributed by atoms with Crippen LogP contribution in [0.2, 0.25) is 5.02 Å². The molecule has 0 unspecified atom stereocenters. The lowest BCUT2D eigenvalue weighted by Crippen LogP contribution is -2.14. The molecule has 2 aromatic carbocycles. The SMILES string of the molecule is CC(C)c1ccc(NC(=O)Cc2ccc(Cl)cc2)cc1. The minimum absolute atomic E-state index is 0.0235. The highest BCUT2D eigenvalue weighted by Gasteiger charge is 2.05. The summed E-state index contributed by atoms with van der Waals surface area (Å²) in [5.41, 5.74) is 3.04. The van der Waals surface area contributed by atoms with Crippen LogP contribution in [-0.2, 0) is 11.2 Å². The van der Waals surface area contributed by atoms with Crippen molar-refractivity contribution >= 4 is 23.2 Å². The normalized spacial score (nSPS) is 10.6. The molecule has 1 amide bonds. The maximum Gasteiger partial charge on any atom is 0.228 e. The third-order valence-corrected chi connectivity index (χ3v) is 3.39. The van der Waals surface area contributed by atoms with Crippen molar-refractivity contribution in [3.8, 4) is 0 Å². The minimum Gasteiger partial charge on any atom is -0.326 e. The standard InChI is InChI=1S/C17H18ClNO/c1-12(2)14-5-9-16(10-6-14)19-17(20)11-13-3-7-15(18)8-4-13/h3-10,12H,11H2,1-2H3,(H,19,20). The van der Waals surface area contributed by atoms with E-state index < -0.39 is 0 Å². The maximum absolute atomic E-state index is 11.9. The maximum atomic E-state index is 11.9. The molecule has 0 saturated heterocycles. The molecule has 0 heterocycles. The third kappa shape index (κ3) is 4.10. The summed E-state index contributed by atoms with van der Waals surface area (Å²) < 4.78 is 0. The molecule has 0 fully saturated rings. The van der Waals surface area contributed by atoms with Gasteiger partial charge in [0.1, 0.15) is 0 Å². The van der Waals surface area contributed by atoms with Gasteiger partial charge in [0.25, 0.3) is 0 Å². The van der Waals surface area contributed by atoms with E-state index in [4.69, 9.17) is 11.6 Å². The van der Waals surface area contributed by atoms with Crippen molar-refractivity contribution in [2.75, 3.05) is 5.32 Å². The zero-order valence-electron chi connectivity index (χ0n) is 11.7. The Kier molecular flexibility index (Phi) is 4.80. The summed E-state index contributed by atoms with van der Waals surface area (Å²) in [6, 6.07) is 15.3. The molecule has 0 spiro atoms. The van der Waals surface area contributed by atoms with Crippen molar-refractivity contribution in [1.82, 2.24) is 0 Å². The Morgan fingerprint density at radius 3 is 2.20 bits per heavy atom. The first-order valence-electron chi connectivity index (χ1n) is 6.69. The number of amides is 1. The van der Waals surface area contributed by atoms with Crippen molar-refractivity contribution in [3.05, 3.63) is 64.7 Å². The first-order chi connectivity index (χ1) is 9.54. The molecule has 3 heteroatoms. The first-order valence-corrected chi connectivity index (χ1v) is 7.06. The molecule has 0 radical (unpaired) electrons. The minimum atomic E-state index is -0.0235. The number of benzene rings is 2. The van der Waals surface area contributed by atoms with Crippen LogP contribution in [0, 0.1) is 0 Å². The van der Waals surface area contributed by atoms with Crippen molar-refractivity contribution in [3.63, 3.8) is 0 Å². The zero-order chi connectivity index (χ0) is 14.5. The van der Waals surface area contributed by atoms with Crippen LogP contribution < -0.4 is 5.32 Å². The van der Waals surface area contributed by atoms with E-state index in [0.29, 0.717) is 17.4 Å². The quantitative estimate of drug-likeness (QED) is 0.872. The number of hydrogen-bond donors (Lipinski definition) is 1. The zero-order valence-corrected chi connectivity index (χ0v) is 12.4. The van der Waals surface area contributed by atoms with E-state index in [1.807, 2.05) is 36.4 Å². The molecule has 0 bridgehead atoms. The Hall–Kier alpha value is -1.80. The summed E-state index contributed by atoms with van der Waals surface area (Å²) in [5.74, 6) is 0.471. The molecule has 0 saturated carbocycles. The van der Waals surface area contributed by atoms with E-state index in [0.717, 1.165) is 11.3 Å². The van der Waals surface area contributed by atoms with Gasteiger partial charge in [-0.1, -0.05) is 49.7 Å². The number of nitrogens with one attached hydrogen (secondary N) is 1. The van der Waals surface area contributed by atoms with Crippen LogP contribution in [-0.4, -0.2) is 5.91 Å². The van der Waals surface area contributed by atoms with Gasteiger partial charge in [0, 0.05) is 10.7 Å². The molecule has 2 nitrogen and oxygen atoms in total. The van der Waals surface area contributed by atoms with Crippen LogP contribution in [0.15, 0.2) is 48.5 Å². The molecule has 2 aromatic rings. The van der Waals surface area contributed by atoms with Gasteiger partial charge < -0.3 is 5.32 Å². The molecule has 0 atom stereocenters. The summed E-state index contributed by atoms with van der Waals surface area (Å²) in [4.78, 5) is 11.9. The van der Waals surface area contributed by atoms with Gasteiger partial charge in [-0.15, -0.1) is 0 Å². The average molecular weight is 288 g/mol. The Morgan fingerprint density at radius 1 is 1.05 bits per heavy atom. The smallest absolute Gasteiger partial charge is 0.228 e. The van der Waals surface area contributed by atoms with E-state index in [-0.39, 0.29) is 5.91 Å². The number of carbonyl (C=O) groups is 1. The first kappa shape index (κ1) is 14.6. The lowest BCUT2D eigenvalue weighted by atomic mass is 10.0. The Bertz CT molecular complexity index is 573. The second-order valence-electron chi connectivity index (χ2n) is 5.13. The van der Waals surface area contributed by atoms with Gasteiger partial charge in [0.15, 0.2) is 0 Å². The summed E-state index contributed by atoms with van der Waals surface area (Å²) in [7, 11) is 0. The van der Waals surface area contributed by atoms with E-state index in [2.05, 4.69) is 19.2 Å². The molecule has 104 valence electrons. The Morgan fingerprint density at radius 2 is 1.65 bits per heavy atom. The lowest BCUT2D eigenvalue weighted by molar-refractivity contribution is -0.115. The number of hydrogen-bond acceptors (Lipinski definition) is 1. The Balaban J connectivity index is 1.95. The van der Waals surface area contributed by atoms with E-state index in [1.165, 1.54) is 5.56 Å². The molecule has 1 N–H and O–H groups in total. The van der Waals surface area contributed by atoms with Crippen LogP contribution >= 0.6 is 11.6 Å². The van der Waals surface area contributed by atoms with Crippen LogP contribution in [0.5, 0.6) is 0 Å². The van der Waals surface area contributed by atoms with Crippen LogP contribution in [0.4, 0.5) is 5.69 Å². The van der Waals surface area contributed by atoms with Gasteiger partial charge >= 0.3 is 0 Å². The lowest BCUT2D eigenvalue weighted by Gasteiger charge is -2.08. The second kappa shape index (κ2) is 6.58. The molecule has 0 aliphatic heterocycles. The fourth-order valence-corrected chi connectivity index (χ4v) is 2.07. The van der Waals surface area contributed by atoms with Gasteiger partial charge in [0.2, 0.25) is 5.91 Å². The predicted molar refractivity (Wildman–Crippen MR) is 84.3 cm³/mol. The van der Waals surface area contributed by atoms with Gasteiger partial charge in [-0.2, -0.15) is 0 Å². The number of halogens is 1. The molecule has 2 rings (SSSR count). The van der Waals surface area contributed by atoms with Crippen LogP contribution in [0.25, 0.3) is 0 Å². The Labute approximate surface area is 124 Å². The largest absolute Gasteiger partial charge is 0.326 e. The number of carbonyl (C=O) groups excluding carboxylic acids is 1. The van der Waals surface area contributed by atoms with Crippen LogP contribution in [0.1, 0.15) is 30.9 Å². The summed E-state index contributed by atoms with van der Waals surface area (Å²) in [5, 5.41) is 3.58.